The van der Waals surface area contributed by atoms with Gasteiger partial charge in [-0.3, -0.25) is 14.6 Å². The molecular formula is C16H23BrN2O3. The quantitative estimate of drug-likeness (QED) is 0.691. The van der Waals surface area contributed by atoms with Crippen molar-refractivity contribution in [3.05, 3.63) is 28.5 Å². The second-order valence-electron chi connectivity index (χ2n) is 5.75. The molecule has 1 amide bonds. The van der Waals surface area contributed by atoms with Crippen LogP contribution in [0.25, 0.3) is 0 Å². The van der Waals surface area contributed by atoms with Gasteiger partial charge in [0.25, 0.3) is 5.91 Å². The molecule has 0 spiro atoms. The van der Waals surface area contributed by atoms with Gasteiger partial charge < -0.3 is 9.64 Å². The summed E-state index contributed by atoms with van der Waals surface area (Å²) in [6, 6.07) is 1.74. The van der Waals surface area contributed by atoms with E-state index in [1.165, 1.54) is 13.3 Å². The lowest BCUT2D eigenvalue weighted by atomic mass is 10.1. The average Bonchev–Trinajstić information content (AvgIpc) is 2.49. The van der Waals surface area contributed by atoms with E-state index in [1.54, 1.807) is 24.1 Å². The van der Waals surface area contributed by atoms with Crippen LogP contribution in [0.2, 0.25) is 0 Å². The number of esters is 1. The number of ether oxygens (including phenoxy) is 1. The van der Waals surface area contributed by atoms with Crippen LogP contribution in [0, 0.1) is 11.8 Å². The van der Waals surface area contributed by atoms with E-state index >= 15 is 0 Å². The van der Waals surface area contributed by atoms with Gasteiger partial charge >= 0.3 is 5.97 Å². The first-order valence-electron chi connectivity index (χ1n) is 7.32. The summed E-state index contributed by atoms with van der Waals surface area (Å²) in [4.78, 5) is 30.0. The minimum atomic E-state index is -0.360. The number of amides is 1. The summed E-state index contributed by atoms with van der Waals surface area (Å²) in [7, 11) is 1.36. The van der Waals surface area contributed by atoms with Gasteiger partial charge in [0, 0.05) is 30.0 Å². The summed E-state index contributed by atoms with van der Waals surface area (Å²) in [6.45, 7) is 6.91. The number of rotatable bonds is 7. The number of pyridine rings is 1. The van der Waals surface area contributed by atoms with Crippen molar-refractivity contribution < 1.29 is 14.3 Å². The standard InChI is InChI=1S/C16H23BrN2O3/c1-11(2)5-6-19(10-12(3)16(21)22-4)15(20)13-7-14(17)9-18-8-13/h7-9,11-12H,5-6,10H2,1-4H3. The maximum absolute atomic E-state index is 12.7. The third-order valence-corrected chi connectivity index (χ3v) is 3.75. The van der Waals surface area contributed by atoms with Crippen LogP contribution >= 0.6 is 15.9 Å². The van der Waals surface area contributed by atoms with E-state index in [0.717, 1.165) is 10.9 Å². The highest BCUT2D eigenvalue weighted by atomic mass is 79.9. The first-order valence-corrected chi connectivity index (χ1v) is 8.12. The lowest BCUT2D eigenvalue weighted by Gasteiger charge is -2.26. The van der Waals surface area contributed by atoms with Gasteiger partial charge in [-0.2, -0.15) is 0 Å². The molecule has 1 atom stereocenters. The summed E-state index contributed by atoms with van der Waals surface area (Å²) in [5.74, 6) is -0.314. The molecule has 0 saturated heterocycles. The summed E-state index contributed by atoms with van der Waals surface area (Å²) < 4.78 is 5.50. The van der Waals surface area contributed by atoms with Crippen molar-refractivity contribution in [3.63, 3.8) is 0 Å². The van der Waals surface area contributed by atoms with Crippen molar-refractivity contribution >= 4 is 27.8 Å². The van der Waals surface area contributed by atoms with Crippen molar-refractivity contribution in [1.29, 1.82) is 0 Å². The average molecular weight is 371 g/mol. The zero-order valence-corrected chi connectivity index (χ0v) is 15.1. The monoisotopic (exact) mass is 370 g/mol. The largest absolute Gasteiger partial charge is 0.469 e. The van der Waals surface area contributed by atoms with Gasteiger partial charge in [-0.1, -0.05) is 20.8 Å². The van der Waals surface area contributed by atoms with E-state index < -0.39 is 0 Å². The minimum Gasteiger partial charge on any atom is -0.469 e. The molecule has 0 radical (unpaired) electrons. The molecule has 5 nitrogen and oxygen atoms in total. The molecule has 122 valence electrons. The molecule has 1 aromatic heterocycles. The number of carbonyl (C=O) groups excluding carboxylic acids is 2. The Bertz CT molecular complexity index is 520. The number of methoxy groups -OCH3 is 1. The smallest absolute Gasteiger partial charge is 0.310 e. The third-order valence-electron chi connectivity index (χ3n) is 3.31. The Morgan fingerprint density at radius 3 is 2.55 bits per heavy atom. The minimum absolute atomic E-state index is 0.120. The third kappa shape index (κ3) is 5.75. The van der Waals surface area contributed by atoms with Gasteiger partial charge in [-0.25, -0.2) is 0 Å². The number of carbonyl (C=O) groups is 2. The number of aromatic nitrogens is 1. The maximum atomic E-state index is 12.7. The summed E-state index contributed by atoms with van der Waals surface area (Å²) in [5.41, 5.74) is 0.509. The molecule has 1 heterocycles. The molecule has 0 aliphatic rings. The van der Waals surface area contributed by atoms with Crippen LogP contribution in [0.5, 0.6) is 0 Å². The van der Waals surface area contributed by atoms with E-state index in [1.807, 2.05) is 0 Å². The van der Waals surface area contributed by atoms with Gasteiger partial charge in [0.2, 0.25) is 0 Å². The fraction of sp³-hybridized carbons (Fsp3) is 0.562. The molecule has 0 aliphatic heterocycles. The van der Waals surface area contributed by atoms with Gasteiger partial charge in [-0.05, 0) is 34.3 Å². The maximum Gasteiger partial charge on any atom is 0.310 e. The van der Waals surface area contributed by atoms with E-state index in [-0.39, 0.29) is 17.8 Å². The second-order valence-corrected chi connectivity index (χ2v) is 6.67. The van der Waals surface area contributed by atoms with Crippen molar-refractivity contribution in [2.75, 3.05) is 20.2 Å². The lowest BCUT2D eigenvalue weighted by Crippen LogP contribution is -2.38. The Hall–Kier alpha value is -1.43. The summed E-state index contributed by atoms with van der Waals surface area (Å²) in [6.07, 6.45) is 4.05. The predicted molar refractivity (Wildman–Crippen MR) is 88.5 cm³/mol. The van der Waals surface area contributed by atoms with Crippen LogP contribution in [-0.4, -0.2) is 42.0 Å². The normalized spacial score (nSPS) is 12.1. The molecule has 22 heavy (non-hydrogen) atoms. The van der Waals surface area contributed by atoms with E-state index in [9.17, 15) is 9.59 Å². The number of hydrogen-bond donors (Lipinski definition) is 0. The zero-order chi connectivity index (χ0) is 16.7. The van der Waals surface area contributed by atoms with Crippen molar-refractivity contribution in [2.24, 2.45) is 11.8 Å². The molecule has 6 heteroatoms. The first-order chi connectivity index (χ1) is 10.3. The van der Waals surface area contributed by atoms with Gasteiger partial charge in [0.05, 0.1) is 18.6 Å². The van der Waals surface area contributed by atoms with Crippen molar-refractivity contribution in [3.8, 4) is 0 Å². The number of hydrogen-bond acceptors (Lipinski definition) is 4. The van der Waals surface area contributed by atoms with Gasteiger partial charge in [-0.15, -0.1) is 0 Å². The molecule has 1 unspecified atom stereocenters. The highest BCUT2D eigenvalue weighted by Crippen LogP contribution is 2.14. The fourth-order valence-corrected chi connectivity index (χ4v) is 2.37. The van der Waals surface area contributed by atoms with E-state index in [0.29, 0.717) is 24.6 Å². The highest BCUT2D eigenvalue weighted by molar-refractivity contribution is 9.10. The Kier molecular flexibility index (Phi) is 7.51. The fourth-order valence-electron chi connectivity index (χ4n) is 2.01. The van der Waals surface area contributed by atoms with Gasteiger partial charge in [0.1, 0.15) is 0 Å². The van der Waals surface area contributed by atoms with E-state index in [4.69, 9.17) is 4.74 Å². The molecule has 0 fully saturated rings. The molecule has 0 bridgehead atoms. The Labute approximate surface area is 140 Å². The summed E-state index contributed by atoms with van der Waals surface area (Å²) in [5, 5.41) is 0. The van der Waals surface area contributed by atoms with Crippen LogP contribution in [-0.2, 0) is 9.53 Å². The number of halogens is 1. The molecule has 1 aromatic rings. The molecule has 0 saturated carbocycles. The van der Waals surface area contributed by atoms with Crippen molar-refractivity contribution in [1.82, 2.24) is 9.88 Å². The van der Waals surface area contributed by atoms with Crippen molar-refractivity contribution in [2.45, 2.75) is 27.2 Å². The second kappa shape index (κ2) is 8.88. The van der Waals surface area contributed by atoms with Crippen LogP contribution in [0.1, 0.15) is 37.6 Å². The molecule has 0 aliphatic carbocycles. The predicted octanol–water partition coefficient (Wildman–Crippen LogP) is 3.14. The Morgan fingerprint density at radius 1 is 1.32 bits per heavy atom. The molecule has 0 N–H and O–H groups in total. The Balaban J connectivity index is 2.88. The Morgan fingerprint density at radius 2 is 2.00 bits per heavy atom. The first kappa shape index (κ1) is 18.6. The van der Waals surface area contributed by atoms with Crippen LogP contribution in [0.15, 0.2) is 22.9 Å². The van der Waals surface area contributed by atoms with Gasteiger partial charge in [0.15, 0.2) is 0 Å². The lowest BCUT2D eigenvalue weighted by molar-refractivity contribution is -0.145. The number of nitrogens with zero attached hydrogens (tertiary/aromatic N) is 2. The van der Waals surface area contributed by atoms with E-state index in [2.05, 4.69) is 34.8 Å². The SMILES string of the molecule is COC(=O)C(C)CN(CCC(C)C)C(=O)c1cncc(Br)c1. The van der Waals surface area contributed by atoms with Crippen LogP contribution < -0.4 is 0 Å². The van der Waals surface area contributed by atoms with Crippen LogP contribution in [0.4, 0.5) is 0 Å². The van der Waals surface area contributed by atoms with Crippen LogP contribution in [0.3, 0.4) is 0 Å². The highest BCUT2D eigenvalue weighted by Gasteiger charge is 2.23. The molecule has 1 rings (SSSR count). The molecular weight excluding hydrogens is 348 g/mol. The topological polar surface area (TPSA) is 59.5 Å². The zero-order valence-electron chi connectivity index (χ0n) is 13.5. The molecule has 0 aromatic carbocycles. The summed E-state index contributed by atoms with van der Waals surface area (Å²) >= 11 is 3.32.